The van der Waals surface area contributed by atoms with Gasteiger partial charge in [0.1, 0.15) is 5.82 Å². The summed E-state index contributed by atoms with van der Waals surface area (Å²) < 4.78 is 13.5. The molecule has 1 N–H and O–H groups in total. The molecule has 1 aliphatic heterocycles. The van der Waals surface area contributed by atoms with Crippen LogP contribution >= 0.6 is 11.6 Å². The number of hydrogen-bond acceptors (Lipinski definition) is 2. The van der Waals surface area contributed by atoms with Gasteiger partial charge in [-0.1, -0.05) is 11.6 Å². The fraction of sp³-hybridized carbons (Fsp3) is 0.385. The van der Waals surface area contributed by atoms with Gasteiger partial charge in [0, 0.05) is 31.1 Å². The molecular formula is C13H14ClFN2O2. The molecule has 0 saturated carbocycles. The molecule has 1 atom stereocenters. The van der Waals surface area contributed by atoms with Gasteiger partial charge >= 0.3 is 0 Å². The molecule has 1 heterocycles. The van der Waals surface area contributed by atoms with E-state index in [-0.39, 0.29) is 17.5 Å². The Morgan fingerprint density at radius 3 is 2.95 bits per heavy atom. The van der Waals surface area contributed by atoms with Crippen LogP contribution < -0.4 is 5.32 Å². The average molecular weight is 285 g/mol. The monoisotopic (exact) mass is 284 g/mol. The largest absolute Gasteiger partial charge is 0.347 e. The number of piperidine rings is 1. The van der Waals surface area contributed by atoms with Crippen LogP contribution in [0.15, 0.2) is 18.2 Å². The predicted molar refractivity (Wildman–Crippen MR) is 69.5 cm³/mol. The van der Waals surface area contributed by atoms with E-state index in [2.05, 4.69) is 5.32 Å². The molecule has 1 fully saturated rings. The Kier molecular flexibility index (Phi) is 4.04. The van der Waals surface area contributed by atoms with Gasteiger partial charge in [0.05, 0.1) is 5.56 Å². The minimum Gasteiger partial charge on any atom is -0.347 e. The van der Waals surface area contributed by atoms with Gasteiger partial charge < -0.3 is 10.2 Å². The Labute approximate surface area is 115 Å². The van der Waals surface area contributed by atoms with Gasteiger partial charge in [0.25, 0.3) is 5.91 Å². The van der Waals surface area contributed by atoms with Gasteiger partial charge in [0.15, 0.2) is 0 Å². The van der Waals surface area contributed by atoms with Crippen molar-refractivity contribution in [2.75, 3.05) is 13.6 Å². The first-order chi connectivity index (χ1) is 8.97. The van der Waals surface area contributed by atoms with Crippen molar-refractivity contribution < 1.29 is 14.0 Å². The molecular weight excluding hydrogens is 271 g/mol. The van der Waals surface area contributed by atoms with E-state index >= 15 is 0 Å². The standard InChI is InChI=1S/C13H14ClFN2O2/c1-17-7-9(3-5-12(17)18)16-13(19)10-6-8(14)2-4-11(10)15/h2,4,6,9H,3,5,7H2,1H3,(H,16,19). The summed E-state index contributed by atoms with van der Waals surface area (Å²) >= 11 is 5.75. The van der Waals surface area contributed by atoms with Crippen molar-refractivity contribution in [3.63, 3.8) is 0 Å². The Morgan fingerprint density at radius 1 is 1.53 bits per heavy atom. The fourth-order valence-corrected chi connectivity index (χ4v) is 2.24. The number of likely N-dealkylation sites (tertiary alicyclic amines) is 1. The van der Waals surface area contributed by atoms with E-state index in [4.69, 9.17) is 11.6 Å². The molecule has 4 nitrogen and oxygen atoms in total. The second-order valence-corrected chi connectivity index (χ2v) is 5.04. The lowest BCUT2D eigenvalue weighted by Gasteiger charge is -2.30. The number of benzene rings is 1. The lowest BCUT2D eigenvalue weighted by molar-refractivity contribution is -0.132. The first-order valence-electron chi connectivity index (χ1n) is 5.97. The maximum absolute atomic E-state index is 13.5. The summed E-state index contributed by atoms with van der Waals surface area (Å²) in [7, 11) is 1.68. The van der Waals surface area contributed by atoms with E-state index in [9.17, 15) is 14.0 Å². The third kappa shape index (κ3) is 3.23. The van der Waals surface area contributed by atoms with Crippen molar-refractivity contribution in [3.05, 3.63) is 34.6 Å². The highest BCUT2D eigenvalue weighted by molar-refractivity contribution is 6.31. The number of amides is 2. The molecule has 0 aliphatic carbocycles. The summed E-state index contributed by atoms with van der Waals surface area (Å²) in [6.45, 7) is 0.437. The summed E-state index contributed by atoms with van der Waals surface area (Å²) in [5.74, 6) is -1.06. The molecule has 0 bridgehead atoms. The smallest absolute Gasteiger partial charge is 0.254 e. The van der Waals surface area contributed by atoms with Crippen molar-refractivity contribution in [3.8, 4) is 0 Å². The van der Waals surface area contributed by atoms with Crippen LogP contribution in [0.3, 0.4) is 0 Å². The molecule has 0 radical (unpaired) electrons. The van der Waals surface area contributed by atoms with Crippen molar-refractivity contribution in [1.29, 1.82) is 0 Å². The van der Waals surface area contributed by atoms with Gasteiger partial charge in [-0.3, -0.25) is 9.59 Å². The van der Waals surface area contributed by atoms with Gasteiger partial charge in [-0.15, -0.1) is 0 Å². The summed E-state index contributed by atoms with van der Waals surface area (Å²) in [4.78, 5) is 24.8. The van der Waals surface area contributed by atoms with Crippen LogP contribution in [0.1, 0.15) is 23.2 Å². The number of carbonyl (C=O) groups is 2. The van der Waals surface area contributed by atoms with E-state index in [1.165, 1.54) is 12.1 Å². The lowest BCUT2D eigenvalue weighted by atomic mass is 10.0. The average Bonchev–Trinajstić information content (AvgIpc) is 2.36. The van der Waals surface area contributed by atoms with Crippen molar-refractivity contribution in [1.82, 2.24) is 10.2 Å². The van der Waals surface area contributed by atoms with Gasteiger partial charge in [-0.05, 0) is 24.6 Å². The number of rotatable bonds is 2. The Bertz CT molecular complexity index is 521. The Balaban J connectivity index is 2.05. The number of hydrogen-bond donors (Lipinski definition) is 1. The van der Waals surface area contributed by atoms with Crippen molar-refractivity contribution >= 4 is 23.4 Å². The van der Waals surface area contributed by atoms with Crippen LogP contribution in [0.5, 0.6) is 0 Å². The molecule has 1 aliphatic rings. The van der Waals surface area contributed by atoms with Crippen LogP contribution in [0.4, 0.5) is 4.39 Å². The summed E-state index contributed by atoms with van der Waals surface area (Å²) in [5.41, 5.74) is -0.0768. The minimum absolute atomic E-state index is 0.0550. The highest BCUT2D eigenvalue weighted by atomic mass is 35.5. The third-order valence-electron chi connectivity index (χ3n) is 3.13. The van der Waals surface area contributed by atoms with Crippen LogP contribution in [-0.4, -0.2) is 36.3 Å². The first-order valence-corrected chi connectivity index (χ1v) is 6.35. The normalized spacial score (nSPS) is 19.4. The molecule has 0 aromatic heterocycles. The zero-order valence-electron chi connectivity index (χ0n) is 10.5. The third-order valence-corrected chi connectivity index (χ3v) is 3.37. The van der Waals surface area contributed by atoms with Gasteiger partial charge in [0.2, 0.25) is 5.91 Å². The SMILES string of the molecule is CN1CC(NC(=O)c2cc(Cl)ccc2F)CCC1=O. The van der Waals surface area contributed by atoms with Crippen LogP contribution in [0.2, 0.25) is 5.02 Å². The first kappa shape index (κ1) is 13.8. The molecule has 2 rings (SSSR count). The molecule has 0 spiro atoms. The number of carbonyl (C=O) groups excluding carboxylic acids is 2. The quantitative estimate of drug-likeness (QED) is 0.901. The predicted octanol–water partition coefficient (Wildman–Crippen LogP) is 1.83. The molecule has 2 amide bonds. The maximum Gasteiger partial charge on any atom is 0.254 e. The molecule has 102 valence electrons. The van der Waals surface area contributed by atoms with E-state index in [1.54, 1.807) is 11.9 Å². The topological polar surface area (TPSA) is 49.4 Å². The molecule has 19 heavy (non-hydrogen) atoms. The second kappa shape index (κ2) is 5.57. The van der Waals surface area contributed by atoms with E-state index in [0.717, 1.165) is 6.07 Å². The molecule has 6 heteroatoms. The number of likely N-dealkylation sites (N-methyl/N-ethyl adjacent to an activating group) is 1. The zero-order valence-corrected chi connectivity index (χ0v) is 11.2. The summed E-state index contributed by atoms with van der Waals surface area (Å²) in [5, 5.41) is 3.03. The summed E-state index contributed by atoms with van der Waals surface area (Å²) in [6.07, 6.45) is 0.955. The van der Waals surface area contributed by atoms with Crippen LogP contribution in [-0.2, 0) is 4.79 Å². The number of halogens is 2. The lowest BCUT2D eigenvalue weighted by Crippen LogP contribution is -2.48. The minimum atomic E-state index is -0.609. The molecule has 1 saturated heterocycles. The van der Waals surface area contributed by atoms with E-state index < -0.39 is 11.7 Å². The second-order valence-electron chi connectivity index (χ2n) is 4.61. The van der Waals surface area contributed by atoms with Crippen molar-refractivity contribution in [2.45, 2.75) is 18.9 Å². The molecule has 1 aromatic rings. The summed E-state index contributed by atoms with van der Waals surface area (Å²) in [6, 6.07) is 3.69. The van der Waals surface area contributed by atoms with Crippen molar-refractivity contribution in [2.24, 2.45) is 0 Å². The zero-order chi connectivity index (χ0) is 14.0. The van der Waals surface area contributed by atoms with Gasteiger partial charge in [-0.25, -0.2) is 4.39 Å². The van der Waals surface area contributed by atoms with Gasteiger partial charge in [-0.2, -0.15) is 0 Å². The van der Waals surface area contributed by atoms with E-state index in [1.807, 2.05) is 0 Å². The fourth-order valence-electron chi connectivity index (χ4n) is 2.06. The maximum atomic E-state index is 13.5. The Morgan fingerprint density at radius 2 is 2.26 bits per heavy atom. The number of nitrogens with one attached hydrogen (secondary N) is 1. The van der Waals surface area contributed by atoms with Crippen LogP contribution in [0, 0.1) is 5.82 Å². The van der Waals surface area contributed by atoms with Crippen LogP contribution in [0.25, 0.3) is 0 Å². The molecule has 1 aromatic carbocycles. The highest BCUT2D eigenvalue weighted by Crippen LogP contribution is 2.16. The van der Waals surface area contributed by atoms with E-state index in [0.29, 0.717) is 24.4 Å². The number of nitrogens with zero attached hydrogens (tertiary/aromatic N) is 1. The molecule has 1 unspecified atom stereocenters. The highest BCUT2D eigenvalue weighted by Gasteiger charge is 2.25. The Hall–Kier alpha value is -1.62.